The third-order valence-electron chi connectivity index (χ3n) is 4.25. The van der Waals surface area contributed by atoms with Gasteiger partial charge in [-0.15, -0.1) is 0 Å². The summed E-state index contributed by atoms with van der Waals surface area (Å²) in [6.07, 6.45) is 5.56. The van der Waals surface area contributed by atoms with Crippen LogP contribution >= 0.6 is 0 Å². The van der Waals surface area contributed by atoms with E-state index in [4.69, 9.17) is 5.11 Å². The number of amides is 1. The Kier molecular flexibility index (Phi) is 4.05. The highest BCUT2D eigenvalue weighted by Crippen LogP contribution is 2.31. The molecule has 98 valence electrons. The lowest BCUT2D eigenvalue weighted by Crippen LogP contribution is -2.49. The zero-order valence-corrected chi connectivity index (χ0v) is 10.7. The van der Waals surface area contributed by atoms with Gasteiger partial charge in [-0.2, -0.15) is 0 Å². The fourth-order valence-electron chi connectivity index (χ4n) is 3.12. The summed E-state index contributed by atoms with van der Waals surface area (Å²) in [5.74, 6) is 0.239. The number of aliphatic hydroxyl groups is 1. The van der Waals surface area contributed by atoms with Crippen LogP contribution in [0.3, 0.4) is 0 Å². The zero-order valence-electron chi connectivity index (χ0n) is 10.7. The minimum absolute atomic E-state index is 0.0751. The van der Waals surface area contributed by atoms with Crippen molar-refractivity contribution in [1.29, 1.82) is 0 Å². The van der Waals surface area contributed by atoms with Gasteiger partial charge in [0.1, 0.15) is 0 Å². The van der Waals surface area contributed by atoms with Gasteiger partial charge in [0.15, 0.2) is 0 Å². The Bertz CT molecular complexity index is 269. The van der Waals surface area contributed by atoms with E-state index in [9.17, 15) is 4.79 Å². The first-order chi connectivity index (χ1) is 8.17. The lowest BCUT2D eigenvalue weighted by atomic mass is 9.87. The largest absolute Gasteiger partial charge is 0.395 e. The Morgan fingerprint density at radius 3 is 2.71 bits per heavy atom. The third-order valence-corrected chi connectivity index (χ3v) is 4.25. The van der Waals surface area contributed by atoms with Gasteiger partial charge in [0.05, 0.1) is 12.0 Å². The summed E-state index contributed by atoms with van der Waals surface area (Å²) in [5.41, 5.74) is -0.252. The van der Waals surface area contributed by atoms with Gasteiger partial charge in [-0.3, -0.25) is 4.79 Å². The molecule has 1 unspecified atom stereocenters. The molecular weight excluding hydrogens is 216 g/mol. The van der Waals surface area contributed by atoms with E-state index in [0.717, 1.165) is 32.4 Å². The molecule has 2 fully saturated rings. The molecule has 1 saturated heterocycles. The Balaban J connectivity index is 2.06. The summed E-state index contributed by atoms with van der Waals surface area (Å²) in [4.78, 5) is 14.6. The van der Waals surface area contributed by atoms with E-state index in [0.29, 0.717) is 12.6 Å². The molecular formula is C13H24N2O2. The first-order valence-electron chi connectivity index (χ1n) is 6.80. The van der Waals surface area contributed by atoms with E-state index in [2.05, 4.69) is 12.2 Å². The van der Waals surface area contributed by atoms with Crippen molar-refractivity contribution in [2.75, 3.05) is 26.2 Å². The van der Waals surface area contributed by atoms with E-state index < -0.39 is 0 Å². The molecule has 1 atom stereocenters. The predicted octanol–water partition coefficient (Wildman–Crippen LogP) is 0.749. The molecule has 1 aliphatic heterocycles. The van der Waals surface area contributed by atoms with Crippen molar-refractivity contribution in [2.24, 2.45) is 5.41 Å². The Morgan fingerprint density at radius 1 is 1.47 bits per heavy atom. The van der Waals surface area contributed by atoms with E-state index in [-0.39, 0.29) is 17.9 Å². The summed E-state index contributed by atoms with van der Waals surface area (Å²) in [5, 5.41) is 12.4. The molecule has 4 nitrogen and oxygen atoms in total. The fraction of sp³-hybridized carbons (Fsp3) is 0.923. The van der Waals surface area contributed by atoms with Gasteiger partial charge in [0.25, 0.3) is 0 Å². The van der Waals surface area contributed by atoms with E-state index >= 15 is 0 Å². The number of hydrogen-bond donors (Lipinski definition) is 2. The second-order valence-electron chi connectivity index (χ2n) is 5.65. The highest BCUT2D eigenvalue weighted by atomic mass is 16.3. The zero-order chi connectivity index (χ0) is 12.3. The van der Waals surface area contributed by atoms with Crippen LogP contribution in [0.25, 0.3) is 0 Å². The predicted molar refractivity (Wildman–Crippen MR) is 66.6 cm³/mol. The molecule has 1 aliphatic carbocycles. The molecule has 0 aromatic carbocycles. The summed E-state index contributed by atoms with van der Waals surface area (Å²) >= 11 is 0. The molecule has 17 heavy (non-hydrogen) atoms. The van der Waals surface area contributed by atoms with Gasteiger partial charge in [0, 0.05) is 19.1 Å². The van der Waals surface area contributed by atoms with E-state index in [1.807, 2.05) is 4.90 Å². The summed E-state index contributed by atoms with van der Waals surface area (Å²) in [6, 6.07) is 0.368. The normalized spacial score (nSPS) is 29.8. The van der Waals surface area contributed by atoms with Crippen LogP contribution in [0.5, 0.6) is 0 Å². The average molecular weight is 240 g/mol. The lowest BCUT2D eigenvalue weighted by Gasteiger charge is -2.35. The van der Waals surface area contributed by atoms with Crippen LogP contribution < -0.4 is 5.32 Å². The molecule has 0 bridgehead atoms. The Hall–Kier alpha value is -0.610. The minimum atomic E-state index is -0.252. The van der Waals surface area contributed by atoms with Crippen molar-refractivity contribution < 1.29 is 9.90 Å². The topological polar surface area (TPSA) is 52.6 Å². The highest BCUT2D eigenvalue weighted by Gasteiger charge is 2.41. The first-order valence-corrected chi connectivity index (χ1v) is 6.80. The van der Waals surface area contributed by atoms with Gasteiger partial charge >= 0.3 is 0 Å². The van der Waals surface area contributed by atoms with Gasteiger partial charge in [-0.25, -0.2) is 0 Å². The number of nitrogens with zero attached hydrogens (tertiary/aromatic N) is 1. The Labute approximate surface area is 103 Å². The van der Waals surface area contributed by atoms with E-state index in [1.165, 1.54) is 12.8 Å². The number of nitrogens with one attached hydrogen (secondary N) is 1. The maximum Gasteiger partial charge on any atom is 0.230 e. The average Bonchev–Trinajstić information content (AvgIpc) is 2.96. The monoisotopic (exact) mass is 240 g/mol. The maximum absolute atomic E-state index is 12.6. The fourth-order valence-corrected chi connectivity index (χ4v) is 3.12. The van der Waals surface area contributed by atoms with Crippen LogP contribution in [0.4, 0.5) is 0 Å². The standard InChI is InChI=1S/C13H24N2O2/c1-13(6-7-14-10-13)12(17)15(8-9-16)11-4-2-3-5-11/h11,14,16H,2-10H2,1H3. The van der Waals surface area contributed by atoms with Crippen molar-refractivity contribution in [1.82, 2.24) is 10.2 Å². The van der Waals surface area contributed by atoms with Gasteiger partial charge in [-0.05, 0) is 32.7 Å². The molecule has 1 amide bonds. The molecule has 0 aromatic rings. The molecule has 1 saturated carbocycles. The highest BCUT2D eigenvalue weighted by molar-refractivity contribution is 5.83. The smallest absolute Gasteiger partial charge is 0.230 e. The minimum Gasteiger partial charge on any atom is -0.395 e. The maximum atomic E-state index is 12.6. The number of aliphatic hydroxyl groups excluding tert-OH is 1. The van der Waals surface area contributed by atoms with Crippen LogP contribution in [0.15, 0.2) is 0 Å². The summed E-state index contributed by atoms with van der Waals surface area (Å²) in [6.45, 7) is 4.33. The second-order valence-corrected chi connectivity index (χ2v) is 5.65. The molecule has 1 heterocycles. The van der Waals surface area contributed by atoms with Crippen LogP contribution in [0.2, 0.25) is 0 Å². The Morgan fingerprint density at radius 2 is 2.18 bits per heavy atom. The summed E-state index contributed by atoms with van der Waals surface area (Å²) < 4.78 is 0. The first kappa shape index (κ1) is 12.8. The third kappa shape index (κ3) is 2.63. The van der Waals surface area contributed by atoms with Gasteiger partial charge in [-0.1, -0.05) is 12.8 Å². The second kappa shape index (κ2) is 5.36. The van der Waals surface area contributed by atoms with Gasteiger partial charge in [0.2, 0.25) is 5.91 Å². The summed E-state index contributed by atoms with van der Waals surface area (Å²) in [7, 11) is 0. The van der Waals surface area contributed by atoms with Crippen molar-refractivity contribution >= 4 is 5.91 Å². The number of rotatable bonds is 4. The number of carbonyl (C=O) groups excluding carboxylic acids is 1. The van der Waals surface area contributed by atoms with Crippen LogP contribution in [0.1, 0.15) is 39.0 Å². The van der Waals surface area contributed by atoms with E-state index in [1.54, 1.807) is 0 Å². The molecule has 0 radical (unpaired) electrons. The molecule has 2 N–H and O–H groups in total. The van der Waals surface area contributed by atoms with Crippen molar-refractivity contribution in [3.8, 4) is 0 Å². The quantitative estimate of drug-likeness (QED) is 0.762. The lowest BCUT2D eigenvalue weighted by molar-refractivity contribution is -0.143. The molecule has 4 heteroatoms. The SMILES string of the molecule is CC1(C(=O)N(CCO)C2CCCC2)CCNC1. The van der Waals surface area contributed by atoms with Crippen LogP contribution in [-0.4, -0.2) is 48.2 Å². The molecule has 0 spiro atoms. The van der Waals surface area contributed by atoms with Crippen LogP contribution in [-0.2, 0) is 4.79 Å². The number of hydrogen-bond acceptors (Lipinski definition) is 3. The molecule has 2 aliphatic rings. The number of carbonyl (C=O) groups is 1. The van der Waals surface area contributed by atoms with Crippen LogP contribution in [0, 0.1) is 5.41 Å². The van der Waals surface area contributed by atoms with Crippen molar-refractivity contribution in [2.45, 2.75) is 45.1 Å². The molecule has 0 aromatic heterocycles. The van der Waals surface area contributed by atoms with Crippen molar-refractivity contribution in [3.63, 3.8) is 0 Å². The van der Waals surface area contributed by atoms with Crippen molar-refractivity contribution in [3.05, 3.63) is 0 Å². The molecule has 2 rings (SSSR count). The van der Waals surface area contributed by atoms with Gasteiger partial charge < -0.3 is 15.3 Å².